The van der Waals surface area contributed by atoms with Crippen molar-refractivity contribution in [2.45, 2.75) is 18.9 Å². The van der Waals surface area contributed by atoms with E-state index in [0.29, 0.717) is 30.3 Å². The summed E-state index contributed by atoms with van der Waals surface area (Å²) in [6.45, 7) is 1.21. The van der Waals surface area contributed by atoms with Crippen LogP contribution in [0.2, 0.25) is 0 Å². The van der Waals surface area contributed by atoms with Crippen LogP contribution in [0.25, 0.3) is 0 Å². The first kappa shape index (κ1) is 16.4. The minimum Gasteiger partial charge on any atom is -0.458 e. The third kappa shape index (κ3) is 3.61. The number of aromatic nitrogens is 2. The Bertz CT molecular complexity index is 802. The van der Waals surface area contributed by atoms with Crippen LogP contribution in [0.1, 0.15) is 12.8 Å². The Balaban J connectivity index is 1.36. The van der Waals surface area contributed by atoms with E-state index >= 15 is 0 Å². The van der Waals surface area contributed by atoms with Crippen molar-refractivity contribution in [2.24, 2.45) is 0 Å². The number of rotatable bonds is 3. The monoisotopic (exact) mass is 360 g/mol. The van der Waals surface area contributed by atoms with Gasteiger partial charge < -0.3 is 24.4 Å². The van der Waals surface area contributed by atoms with Crippen molar-refractivity contribution in [1.82, 2.24) is 14.9 Å². The molecule has 2 amide bonds. The summed E-state index contributed by atoms with van der Waals surface area (Å²) in [5.41, 5.74) is 0.629. The minimum atomic E-state index is -0.522. The van der Waals surface area contributed by atoms with Gasteiger partial charge in [0.25, 0.3) is 0 Å². The number of carbonyl (C=O) groups excluding carboxylic acids is 1. The zero-order chi connectivity index (χ0) is 17.9. The van der Waals surface area contributed by atoms with Gasteiger partial charge in [0.15, 0.2) is 17.3 Å². The van der Waals surface area contributed by atoms with Gasteiger partial charge in [0.2, 0.25) is 6.79 Å². The number of hydrogen-bond acceptors (Lipinski definition) is 6. The summed E-state index contributed by atoms with van der Waals surface area (Å²) in [4.78, 5) is 21.8. The van der Waals surface area contributed by atoms with Gasteiger partial charge in [-0.2, -0.15) is 0 Å². The molecule has 9 heteroatoms. The van der Waals surface area contributed by atoms with Crippen LogP contribution >= 0.6 is 0 Å². The molecular weight excluding hydrogens is 343 g/mol. The Morgan fingerprint density at radius 2 is 2.08 bits per heavy atom. The van der Waals surface area contributed by atoms with Crippen LogP contribution < -0.4 is 19.5 Å². The average molecular weight is 360 g/mol. The number of amides is 2. The van der Waals surface area contributed by atoms with Crippen molar-refractivity contribution in [3.05, 3.63) is 36.4 Å². The summed E-state index contributed by atoms with van der Waals surface area (Å²) < 4.78 is 29.1. The maximum Gasteiger partial charge on any atom is 0.321 e. The van der Waals surface area contributed by atoms with Gasteiger partial charge in [-0.15, -0.1) is 0 Å². The number of likely N-dealkylation sites (tertiary alicyclic amines) is 1. The number of hydrogen-bond donors (Lipinski definition) is 1. The molecule has 1 N–H and O–H groups in total. The number of ether oxygens (including phenoxy) is 3. The summed E-state index contributed by atoms with van der Waals surface area (Å²) in [5.74, 6) is 0.746. The predicted molar refractivity (Wildman–Crippen MR) is 88.8 cm³/mol. The van der Waals surface area contributed by atoms with Crippen molar-refractivity contribution in [2.75, 3.05) is 25.2 Å². The van der Waals surface area contributed by atoms with E-state index in [1.165, 1.54) is 0 Å². The molecule has 2 aliphatic heterocycles. The van der Waals surface area contributed by atoms with E-state index in [9.17, 15) is 9.18 Å². The molecule has 2 aromatic rings. The summed E-state index contributed by atoms with van der Waals surface area (Å²) in [7, 11) is 0. The quantitative estimate of drug-likeness (QED) is 0.905. The van der Waals surface area contributed by atoms with E-state index in [4.69, 9.17) is 14.2 Å². The van der Waals surface area contributed by atoms with E-state index in [-0.39, 0.29) is 24.9 Å². The van der Waals surface area contributed by atoms with Gasteiger partial charge in [0.1, 0.15) is 6.10 Å². The van der Waals surface area contributed by atoms with Gasteiger partial charge in [0, 0.05) is 18.3 Å². The molecule has 2 aliphatic rings. The molecule has 1 aromatic carbocycles. The first-order valence-corrected chi connectivity index (χ1v) is 8.27. The Labute approximate surface area is 148 Å². The lowest BCUT2D eigenvalue weighted by Gasteiger charge is -2.32. The molecule has 0 bridgehead atoms. The second-order valence-corrected chi connectivity index (χ2v) is 6.01. The van der Waals surface area contributed by atoms with E-state index < -0.39 is 5.82 Å². The van der Waals surface area contributed by atoms with Crippen LogP contribution in [0.3, 0.4) is 0 Å². The number of nitrogens with zero attached hydrogens (tertiary/aromatic N) is 3. The van der Waals surface area contributed by atoms with Crippen LogP contribution in [-0.2, 0) is 0 Å². The van der Waals surface area contributed by atoms with Gasteiger partial charge in [-0.25, -0.2) is 19.2 Å². The molecule has 0 saturated carbocycles. The summed E-state index contributed by atoms with van der Waals surface area (Å²) in [6, 6.07) is 5.12. The fourth-order valence-electron chi connectivity index (χ4n) is 2.91. The second-order valence-electron chi connectivity index (χ2n) is 6.01. The molecule has 3 heterocycles. The molecule has 8 nitrogen and oxygen atoms in total. The normalized spacial score (nSPS) is 18.5. The third-order valence-corrected chi connectivity index (χ3v) is 4.16. The Hall–Kier alpha value is -3.10. The number of halogens is 1. The molecule has 4 rings (SSSR count). The Morgan fingerprint density at radius 1 is 1.27 bits per heavy atom. The molecule has 1 aromatic heterocycles. The Kier molecular flexibility index (Phi) is 4.42. The number of nitrogens with one attached hydrogen (secondary N) is 1. The van der Waals surface area contributed by atoms with Crippen molar-refractivity contribution in [1.29, 1.82) is 0 Å². The average Bonchev–Trinajstić information content (AvgIpc) is 3.12. The molecule has 0 radical (unpaired) electrons. The maximum atomic E-state index is 12.9. The minimum absolute atomic E-state index is 0.106. The molecular formula is C17H17FN4O4. The fourth-order valence-corrected chi connectivity index (χ4v) is 2.91. The summed E-state index contributed by atoms with van der Waals surface area (Å²) >= 11 is 0. The molecule has 26 heavy (non-hydrogen) atoms. The zero-order valence-electron chi connectivity index (χ0n) is 13.9. The number of anilines is 1. The SMILES string of the molecule is O=C(Nc1ccc2c(c1)OCO2)N1CCC[C@H](Oc2ncc(F)cn2)C1. The van der Waals surface area contributed by atoms with Crippen molar-refractivity contribution >= 4 is 11.7 Å². The second kappa shape index (κ2) is 7.03. The van der Waals surface area contributed by atoms with Crippen molar-refractivity contribution in [3.8, 4) is 17.5 Å². The zero-order valence-corrected chi connectivity index (χ0v) is 13.9. The van der Waals surface area contributed by atoms with Gasteiger partial charge in [0.05, 0.1) is 18.9 Å². The molecule has 1 saturated heterocycles. The van der Waals surface area contributed by atoms with Crippen LogP contribution in [0.4, 0.5) is 14.9 Å². The lowest BCUT2D eigenvalue weighted by molar-refractivity contribution is 0.0981. The highest BCUT2D eigenvalue weighted by atomic mass is 19.1. The molecule has 0 unspecified atom stereocenters. The van der Waals surface area contributed by atoms with Gasteiger partial charge in [-0.1, -0.05) is 0 Å². The molecule has 0 spiro atoms. The highest BCUT2D eigenvalue weighted by molar-refractivity contribution is 5.89. The highest BCUT2D eigenvalue weighted by Crippen LogP contribution is 2.34. The highest BCUT2D eigenvalue weighted by Gasteiger charge is 2.26. The molecule has 1 fully saturated rings. The molecule has 136 valence electrons. The van der Waals surface area contributed by atoms with Gasteiger partial charge in [-0.05, 0) is 25.0 Å². The summed E-state index contributed by atoms with van der Waals surface area (Å²) in [5, 5.41) is 2.85. The van der Waals surface area contributed by atoms with Crippen LogP contribution in [-0.4, -0.2) is 46.9 Å². The predicted octanol–water partition coefficient (Wildman–Crippen LogP) is 2.42. The van der Waals surface area contributed by atoms with E-state index in [0.717, 1.165) is 25.2 Å². The van der Waals surface area contributed by atoms with Crippen LogP contribution in [0.15, 0.2) is 30.6 Å². The number of carbonyl (C=O) groups is 1. The van der Waals surface area contributed by atoms with Crippen molar-refractivity contribution < 1.29 is 23.4 Å². The van der Waals surface area contributed by atoms with E-state index in [2.05, 4.69) is 15.3 Å². The first-order valence-electron chi connectivity index (χ1n) is 8.27. The molecule has 0 aliphatic carbocycles. The fraction of sp³-hybridized carbons (Fsp3) is 0.353. The van der Waals surface area contributed by atoms with Crippen LogP contribution in [0.5, 0.6) is 17.5 Å². The lowest BCUT2D eigenvalue weighted by Crippen LogP contribution is -2.46. The number of benzene rings is 1. The van der Waals surface area contributed by atoms with Gasteiger partial charge >= 0.3 is 12.0 Å². The van der Waals surface area contributed by atoms with E-state index in [1.807, 2.05) is 0 Å². The van der Waals surface area contributed by atoms with Crippen LogP contribution in [0, 0.1) is 5.82 Å². The maximum absolute atomic E-state index is 12.9. The number of fused-ring (bicyclic) bond motifs is 1. The number of piperidine rings is 1. The topological polar surface area (TPSA) is 85.8 Å². The summed E-state index contributed by atoms with van der Waals surface area (Å²) in [6.07, 6.45) is 3.43. The largest absolute Gasteiger partial charge is 0.458 e. The van der Waals surface area contributed by atoms with E-state index in [1.54, 1.807) is 23.1 Å². The smallest absolute Gasteiger partial charge is 0.321 e. The number of urea groups is 1. The van der Waals surface area contributed by atoms with Gasteiger partial charge in [-0.3, -0.25) is 0 Å². The lowest BCUT2D eigenvalue weighted by atomic mass is 10.1. The standard InChI is InChI=1S/C17H17FN4O4/c18-11-7-19-16(20-8-11)26-13-2-1-5-22(9-13)17(23)21-12-3-4-14-15(6-12)25-10-24-14/h3-4,6-8,13H,1-2,5,9-10H2,(H,21,23)/t13-/m0/s1. The molecule has 1 atom stereocenters. The first-order chi connectivity index (χ1) is 12.7. The third-order valence-electron chi connectivity index (χ3n) is 4.16. The Morgan fingerprint density at radius 3 is 2.92 bits per heavy atom. The van der Waals surface area contributed by atoms with Crippen molar-refractivity contribution in [3.63, 3.8) is 0 Å².